The van der Waals surface area contributed by atoms with E-state index in [0.717, 1.165) is 15.4 Å². The van der Waals surface area contributed by atoms with Crippen LogP contribution in [0.15, 0.2) is 45.7 Å². The van der Waals surface area contributed by atoms with Crippen molar-refractivity contribution in [2.45, 2.75) is 6.92 Å². The minimum absolute atomic E-state index is 0.116. The second-order valence-corrected chi connectivity index (χ2v) is 4.87. The maximum atomic E-state index is 12.1. The molecule has 0 saturated carbocycles. The van der Waals surface area contributed by atoms with Gasteiger partial charge in [0.2, 0.25) is 0 Å². The van der Waals surface area contributed by atoms with Gasteiger partial charge in [-0.1, -0.05) is 28.1 Å². The SMILES string of the molecule is C/C=C/COc1cc2cc(Br)ccc2n(C)c1=O. The van der Waals surface area contributed by atoms with E-state index in [1.54, 1.807) is 17.7 Å². The van der Waals surface area contributed by atoms with Gasteiger partial charge in [0, 0.05) is 16.9 Å². The lowest BCUT2D eigenvalue weighted by molar-refractivity contribution is 0.356. The van der Waals surface area contributed by atoms with Gasteiger partial charge in [-0.3, -0.25) is 4.79 Å². The van der Waals surface area contributed by atoms with E-state index in [0.29, 0.717) is 12.4 Å². The Hall–Kier alpha value is -1.55. The van der Waals surface area contributed by atoms with Crippen LogP contribution in [0.5, 0.6) is 5.75 Å². The Kier molecular flexibility index (Phi) is 3.87. The van der Waals surface area contributed by atoms with Crippen molar-refractivity contribution in [3.63, 3.8) is 0 Å². The van der Waals surface area contributed by atoms with E-state index >= 15 is 0 Å². The normalized spacial score (nSPS) is 11.3. The number of fused-ring (bicyclic) bond motifs is 1. The van der Waals surface area contributed by atoms with E-state index in [4.69, 9.17) is 4.74 Å². The number of aryl methyl sites for hydroxylation is 1. The Bertz CT molecular complexity index is 659. The zero-order valence-corrected chi connectivity index (χ0v) is 11.9. The van der Waals surface area contributed by atoms with Crippen LogP contribution in [0.25, 0.3) is 10.9 Å². The van der Waals surface area contributed by atoms with Gasteiger partial charge in [-0.2, -0.15) is 0 Å². The van der Waals surface area contributed by atoms with Gasteiger partial charge in [0.25, 0.3) is 5.56 Å². The molecule has 0 N–H and O–H groups in total. The van der Waals surface area contributed by atoms with Crippen LogP contribution in [0.4, 0.5) is 0 Å². The van der Waals surface area contributed by atoms with E-state index < -0.39 is 0 Å². The number of hydrogen-bond donors (Lipinski definition) is 0. The average molecular weight is 308 g/mol. The molecule has 0 saturated heterocycles. The highest BCUT2D eigenvalue weighted by atomic mass is 79.9. The van der Waals surface area contributed by atoms with Gasteiger partial charge in [0.05, 0.1) is 5.52 Å². The fourth-order valence-corrected chi connectivity index (χ4v) is 2.14. The van der Waals surface area contributed by atoms with Crippen LogP contribution in [-0.4, -0.2) is 11.2 Å². The number of halogens is 1. The van der Waals surface area contributed by atoms with Gasteiger partial charge in [-0.25, -0.2) is 0 Å². The third-order valence-corrected chi connectivity index (χ3v) is 3.22. The smallest absolute Gasteiger partial charge is 0.293 e. The first-order valence-corrected chi connectivity index (χ1v) is 6.46. The Morgan fingerprint density at radius 2 is 2.17 bits per heavy atom. The van der Waals surface area contributed by atoms with Crippen molar-refractivity contribution in [1.82, 2.24) is 4.57 Å². The van der Waals surface area contributed by atoms with Crippen LogP contribution in [0, 0.1) is 0 Å². The van der Waals surface area contributed by atoms with E-state index in [1.807, 2.05) is 37.3 Å². The van der Waals surface area contributed by atoms with Crippen LogP contribution in [0.2, 0.25) is 0 Å². The number of ether oxygens (including phenoxy) is 1. The summed E-state index contributed by atoms with van der Waals surface area (Å²) in [7, 11) is 1.75. The van der Waals surface area contributed by atoms with Gasteiger partial charge in [-0.15, -0.1) is 0 Å². The standard InChI is InChI=1S/C14H14BrNO2/c1-3-4-7-18-13-9-10-8-11(15)5-6-12(10)16(2)14(13)17/h3-6,8-9H,7H2,1-2H3/b4-3+. The summed E-state index contributed by atoms with van der Waals surface area (Å²) in [6.07, 6.45) is 3.76. The molecule has 94 valence electrons. The fourth-order valence-electron chi connectivity index (χ4n) is 1.76. The van der Waals surface area contributed by atoms with Crippen molar-refractivity contribution in [3.05, 3.63) is 51.2 Å². The molecule has 2 aromatic rings. The molecule has 2 rings (SSSR count). The molecular formula is C14H14BrNO2. The van der Waals surface area contributed by atoms with Crippen LogP contribution in [-0.2, 0) is 7.05 Å². The molecule has 0 radical (unpaired) electrons. The topological polar surface area (TPSA) is 31.2 Å². The molecule has 18 heavy (non-hydrogen) atoms. The van der Waals surface area contributed by atoms with Crippen LogP contribution in [0.3, 0.4) is 0 Å². The summed E-state index contributed by atoms with van der Waals surface area (Å²) >= 11 is 3.42. The van der Waals surface area contributed by atoms with E-state index in [1.165, 1.54) is 0 Å². The lowest BCUT2D eigenvalue weighted by Gasteiger charge is -2.09. The van der Waals surface area contributed by atoms with Crippen molar-refractivity contribution < 1.29 is 4.74 Å². The lowest BCUT2D eigenvalue weighted by atomic mass is 10.2. The second kappa shape index (κ2) is 5.40. The van der Waals surface area contributed by atoms with E-state index in [-0.39, 0.29) is 5.56 Å². The number of nitrogens with zero attached hydrogens (tertiary/aromatic N) is 1. The fraction of sp³-hybridized carbons (Fsp3) is 0.214. The molecule has 0 amide bonds. The van der Waals surface area contributed by atoms with Crippen LogP contribution >= 0.6 is 15.9 Å². The van der Waals surface area contributed by atoms with Gasteiger partial charge < -0.3 is 9.30 Å². The molecule has 0 spiro atoms. The predicted molar refractivity (Wildman–Crippen MR) is 77.2 cm³/mol. The summed E-state index contributed by atoms with van der Waals surface area (Å²) in [5, 5.41) is 0.974. The molecule has 1 aromatic heterocycles. The lowest BCUT2D eigenvalue weighted by Crippen LogP contribution is -2.19. The summed E-state index contributed by atoms with van der Waals surface area (Å²) in [5.41, 5.74) is 0.774. The van der Waals surface area contributed by atoms with Gasteiger partial charge in [0.15, 0.2) is 5.75 Å². The van der Waals surface area contributed by atoms with Gasteiger partial charge >= 0.3 is 0 Å². The van der Waals surface area contributed by atoms with E-state index in [2.05, 4.69) is 15.9 Å². The Morgan fingerprint density at radius 3 is 2.89 bits per heavy atom. The molecular weight excluding hydrogens is 294 g/mol. The highest BCUT2D eigenvalue weighted by Crippen LogP contribution is 2.21. The van der Waals surface area contributed by atoms with Gasteiger partial charge in [0.1, 0.15) is 6.61 Å². The summed E-state index contributed by atoms with van der Waals surface area (Å²) in [6, 6.07) is 7.59. The maximum Gasteiger partial charge on any atom is 0.293 e. The zero-order valence-electron chi connectivity index (χ0n) is 10.3. The van der Waals surface area contributed by atoms with Crippen molar-refractivity contribution >= 4 is 26.8 Å². The first kappa shape index (κ1) is 12.9. The summed E-state index contributed by atoms with van der Waals surface area (Å²) in [4.78, 5) is 12.1. The van der Waals surface area contributed by atoms with E-state index in [9.17, 15) is 4.79 Å². The Balaban J connectivity index is 2.54. The second-order valence-electron chi connectivity index (χ2n) is 3.96. The van der Waals surface area contributed by atoms with Crippen molar-refractivity contribution in [2.75, 3.05) is 6.61 Å². The zero-order chi connectivity index (χ0) is 13.1. The Labute approximate surface area is 114 Å². The quantitative estimate of drug-likeness (QED) is 0.815. The third-order valence-electron chi connectivity index (χ3n) is 2.72. The summed E-state index contributed by atoms with van der Waals surface area (Å²) < 4.78 is 8.05. The maximum absolute atomic E-state index is 12.1. The van der Waals surface area contributed by atoms with Gasteiger partial charge in [-0.05, 0) is 31.2 Å². The van der Waals surface area contributed by atoms with Crippen LogP contribution in [0.1, 0.15) is 6.92 Å². The molecule has 0 aliphatic heterocycles. The number of hydrogen-bond acceptors (Lipinski definition) is 2. The van der Waals surface area contributed by atoms with Crippen LogP contribution < -0.4 is 10.3 Å². The third kappa shape index (κ3) is 2.48. The molecule has 0 bridgehead atoms. The number of pyridine rings is 1. The average Bonchev–Trinajstić information content (AvgIpc) is 2.35. The molecule has 0 fully saturated rings. The number of rotatable bonds is 3. The number of benzene rings is 1. The van der Waals surface area contributed by atoms with Crippen molar-refractivity contribution in [3.8, 4) is 5.75 Å². The molecule has 1 aromatic carbocycles. The number of allylic oxidation sites excluding steroid dienone is 1. The monoisotopic (exact) mass is 307 g/mol. The first-order chi connectivity index (χ1) is 8.63. The molecule has 4 heteroatoms. The summed E-state index contributed by atoms with van der Waals surface area (Å²) in [5.74, 6) is 0.376. The molecule has 0 aliphatic rings. The number of aromatic nitrogens is 1. The minimum Gasteiger partial charge on any atom is -0.484 e. The van der Waals surface area contributed by atoms with Crippen molar-refractivity contribution in [2.24, 2.45) is 7.05 Å². The highest BCUT2D eigenvalue weighted by molar-refractivity contribution is 9.10. The first-order valence-electron chi connectivity index (χ1n) is 5.66. The molecule has 1 heterocycles. The highest BCUT2D eigenvalue weighted by Gasteiger charge is 2.07. The van der Waals surface area contributed by atoms with Crippen molar-refractivity contribution in [1.29, 1.82) is 0 Å². The largest absolute Gasteiger partial charge is 0.484 e. The molecule has 0 aliphatic carbocycles. The predicted octanol–water partition coefficient (Wildman–Crippen LogP) is 3.26. The Morgan fingerprint density at radius 1 is 1.39 bits per heavy atom. The molecule has 0 atom stereocenters. The minimum atomic E-state index is -0.116. The summed E-state index contributed by atoms with van der Waals surface area (Å²) in [6.45, 7) is 2.32. The molecule has 3 nitrogen and oxygen atoms in total. The molecule has 0 unspecified atom stereocenters.